The van der Waals surface area contributed by atoms with E-state index >= 15 is 0 Å². The minimum atomic E-state index is -0.235. The molecule has 2 aromatic carbocycles. The first-order valence-corrected chi connectivity index (χ1v) is 11.9. The van der Waals surface area contributed by atoms with Gasteiger partial charge in [0, 0.05) is 29.5 Å². The summed E-state index contributed by atoms with van der Waals surface area (Å²) in [7, 11) is 0. The van der Waals surface area contributed by atoms with Gasteiger partial charge in [-0.3, -0.25) is 4.79 Å². The summed E-state index contributed by atoms with van der Waals surface area (Å²) in [6, 6.07) is 19.6. The summed E-state index contributed by atoms with van der Waals surface area (Å²) in [5.41, 5.74) is 3.08. The summed E-state index contributed by atoms with van der Waals surface area (Å²) in [4.78, 5) is 20.3. The molecule has 1 saturated heterocycles. The maximum atomic E-state index is 13.3. The number of likely N-dealkylation sites (tertiary alicyclic amines) is 1. The molecule has 1 unspecified atom stereocenters. The van der Waals surface area contributed by atoms with Gasteiger partial charge in [0.2, 0.25) is 5.89 Å². The largest absolute Gasteiger partial charge is 0.437 e. The van der Waals surface area contributed by atoms with E-state index in [9.17, 15) is 4.79 Å². The molecule has 1 atom stereocenters. The lowest BCUT2D eigenvalue weighted by Crippen LogP contribution is -2.28. The predicted octanol–water partition coefficient (Wildman–Crippen LogP) is 6.05. The van der Waals surface area contributed by atoms with Gasteiger partial charge in [-0.25, -0.2) is 0 Å². The van der Waals surface area contributed by atoms with Gasteiger partial charge in [0.1, 0.15) is 5.76 Å². The molecule has 5 rings (SSSR count). The molecular formula is C26H26N2O2S. The van der Waals surface area contributed by atoms with Gasteiger partial charge in [0.05, 0.1) is 10.6 Å². The minimum Gasteiger partial charge on any atom is -0.437 e. The summed E-state index contributed by atoms with van der Waals surface area (Å²) in [5, 5.41) is 1.70. The van der Waals surface area contributed by atoms with Crippen LogP contribution in [0.25, 0.3) is 28.0 Å². The Morgan fingerprint density at radius 2 is 1.58 bits per heavy atom. The van der Waals surface area contributed by atoms with E-state index < -0.39 is 0 Å². The van der Waals surface area contributed by atoms with E-state index in [-0.39, 0.29) is 5.56 Å². The third kappa shape index (κ3) is 4.07. The monoisotopic (exact) mass is 430 g/mol. The highest BCUT2D eigenvalue weighted by atomic mass is 32.2. The molecular weight excluding hydrogens is 404 g/mol. The fourth-order valence-electron chi connectivity index (χ4n) is 4.42. The number of allylic oxidation sites excluding steroid dienone is 1. The van der Waals surface area contributed by atoms with E-state index in [4.69, 9.17) is 4.42 Å². The van der Waals surface area contributed by atoms with E-state index in [1.54, 1.807) is 0 Å². The third-order valence-electron chi connectivity index (χ3n) is 5.91. The molecule has 0 aliphatic carbocycles. The second-order valence-corrected chi connectivity index (χ2v) is 9.65. The number of piperidine rings is 1. The standard InChI is InChI=1S/C26H26N2O2S/c1-18-17-21(26(31-18)28-15-9-4-10-16-28)25-27-24(29)22(19-11-5-2-6-12-19)23(30-25)20-13-7-3-8-14-20/h2-3,5-8,11-14,18H,4,9-10,15-17H2,1H3. The number of thioether (sulfide) groups is 1. The second-order valence-electron chi connectivity index (χ2n) is 8.22. The molecule has 0 amide bonds. The van der Waals surface area contributed by atoms with Gasteiger partial charge in [0.15, 0.2) is 0 Å². The lowest BCUT2D eigenvalue weighted by atomic mass is 10.0. The molecule has 3 aromatic rings. The lowest BCUT2D eigenvalue weighted by molar-refractivity contribution is 0.303. The van der Waals surface area contributed by atoms with Gasteiger partial charge in [-0.05, 0) is 31.2 Å². The Bertz CT molecular complexity index is 1150. The molecule has 0 radical (unpaired) electrons. The van der Waals surface area contributed by atoms with Gasteiger partial charge in [-0.1, -0.05) is 67.6 Å². The van der Waals surface area contributed by atoms with E-state index in [1.807, 2.05) is 72.4 Å². The van der Waals surface area contributed by atoms with Crippen molar-refractivity contribution in [1.29, 1.82) is 0 Å². The summed E-state index contributed by atoms with van der Waals surface area (Å²) in [6.45, 7) is 4.36. The van der Waals surface area contributed by atoms with Crippen molar-refractivity contribution in [3.05, 3.63) is 81.9 Å². The highest BCUT2D eigenvalue weighted by Gasteiger charge is 2.31. The Morgan fingerprint density at radius 1 is 0.935 bits per heavy atom. The quantitative estimate of drug-likeness (QED) is 0.504. The zero-order chi connectivity index (χ0) is 21.2. The van der Waals surface area contributed by atoms with Crippen LogP contribution >= 0.6 is 11.8 Å². The fraction of sp³-hybridized carbons (Fsp3) is 0.308. The van der Waals surface area contributed by atoms with Crippen LogP contribution in [0.5, 0.6) is 0 Å². The van der Waals surface area contributed by atoms with Gasteiger partial charge in [-0.2, -0.15) is 4.98 Å². The molecule has 0 N–H and O–H groups in total. The zero-order valence-electron chi connectivity index (χ0n) is 17.7. The first-order valence-electron chi connectivity index (χ1n) is 11.0. The van der Waals surface area contributed by atoms with Crippen molar-refractivity contribution in [1.82, 2.24) is 9.88 Å². The van der Waals surface area contributed by atoms with Gasteiger partial charge in [-0.15, -0.1) is 11.8 Å². The van der Waals surface area contributed by atoms with Crippen molar-refractivity contribution in [2.45, 2.75) is 37.9 Å². The van der Waals surface area contributed by atoms with E-state index in [1.165, 1.54) is 24.3 Å². The van der Waals surface area contributed by atoms with Crippen LogP contribution in [0.2, 0.25) is 0 Å². The lowest BCUT2D eigenvalue weighted by Gasteiger charge is -2.30. The molecule has 5 heteroatoms. The van der Waals surface area contributed by atoms with Crippen LogP contribution in [0.3, 0.4) is 0 Å². The number of hydrogen-bond donors (Lipinski definition) is 0. The van der Waals surface area contributed by atoms with Crippen molar-refractivity contribution in [3.63, 3.8) is 0 Å². The Labute approximate surface area is 187 Å². The Balaban J connectivity index is 1.69. The predicted molar refractivity (Wildman–Crippen MR) is 128 cm³/mol. The molecule has 2 aliphatic rings. The Kier molecular flexibility index (Phi) is 5.68. The molecule has 158 valence electrons. The van der Waals surface area contributed by atoms with Crippen molar-refractivity contribution in [2.75, 3.05) is 13.1 Å². The SMILES string of the molecule is CC1CC(c2nc(=O)c(-c3ccccc3)c(-c3ccccc3)o2)=C(N2CCCCC2)S1. The Morgan fingerprint density at radius 3 is 2.26 bits per heavy atom. The third-order valence-corrected chi connectivity index (χ3v) is 7.20. The van der Waals surface area contributed by atoms with Crippen molar-refractivity contribution in [3.8, 4) is 22.5 Å². The number of nitrogens with zero attached hydrogens (tertiary/aromatic N) is 2. The maximum Gasteiger partial charge on any atom is 0.284 e. The maximum absolute atomic E-state index is 13.3. The van der Waals surface area contributed by atoms with Crippen molar-refractivity contribution in [2.24, 2.45) is 0 Å². The Hall–Kier alpha value is -2.79. The van der Waals surface area contributed by atoms with Crippen LogP contribution in [0, 0.1) is 0 Å². The highest BCUT2D eigenvalue weighted by Crippen LogP contribution is 2.45. The number of rotatable bonds is 4. The normalized spacial score (nSPS) is 19.1. The molecule has 0 saturated carbocycles. The molecule has 0 spiro atoms. The van der Waals surface area contributed by atoms with Gasteiger partial charge >= 0.3 is 0 Å². The van der Waals surface area contributed by atoms with Gasteiger partial charge < -0.3 is 9.32 Å². The van der Waals surface area contributed by atoms with Crippen LogP contribution in [0.4, 0.5) is 0 Å². The smallest absolute Gasteiger partial charge is 0.284 e. The van der Waals surface area contributed by atoms with Crippen LogP contribution < -0.4 is 5.56 Å². The van der Waals surface area contributed by atoms with Crippen molar-refractivity contribution >= 4 is 17.3 Å². The number of aromatic nitrogens is 1. The summed E-state index contributed by atoms with van der Waals surface area (Å²) in [6.07, 6.45) is 4.58. The summed E-state index contributed by atoms with van der Waals surface area (Å²) in [5.74, 6) is 1.07. The van der Waals surface area contributed by atoms with Crippen LogP contribution in [0.1, 0.15) is 38.5 Å². The second kappa shape index (κ2) is 8.75. The van der Waals surface area contributed by atoms with Crippen molar-refractivity contribution < 1.29 is 4.42 Å². The van der Waals surface area contributed by atoms with E-state index in [0.717, 1.165) is 36.2 Å². The average Bonchev–Trinajstić information content (AvgIpc) is 3.22. The van der Waals surface area contributed by atoms with E-state index in [0.29, 0.717) is 22.5 Å². The average molecular weight is 431 g/mol. The highest BCUT2D eigenvalue weighted by molar-refractivity contribution is 8.04. The molecule has 31 heavy (non-hydrogen) atoms. The summed E-state index contributed by atoms with van der Waals surface area (Å²) < 4.78 is 6.47. The zero-order valence-corrected chi connectivity index (χ0v) is 18.5. The minimum absolute atomic E-state index is 0.235. The molecule has 1 aromatic heterocycles. The first-order chi connectivity index (χ1) is 15.2. The van der Waals surface area contributed by atoms with E-state index in [2.05, 4.69) is 16.8 Å². The molecule has 2 aliphatic heterocycles. The van der Waals surface area contributed by atoms with Crippen LogP contribution in [0.15, 0.2) is 74.9 Å². The summed E-state index contributed by atoms with van der Waals surface area (Å²) >= 11 is 1.89. The van der Waals surface area contributed by atoms with Gasteiger partial charge in [0.25, 0.3) is 5.56 Å². The topological polar surface area (TPSA) is 46.3 Å². The number of benzene rings is 2. The molecule has 3 heterocycles. The molecule has 1 fully saturated rings. The molecule has 4 nitrogen and oxygen atoms in total. The molecule has 0 bridgehead atoms. The van der Waals surface area contributed by atoms with Crippen LogP contribution in [-0.4, -0.2) is 28.2 Å². The fourth-order valence-corrected chi connectivity index (χ4v) is 5.69. The number of hydrogen-bond acceptors (Lipinski definition) is 5. The first kappa shape index (κ1) is 20.1. The van der Waals surface area contributed by atoms with Crippen LogP contribution in [-0.2, 0) is 0 Å².